The summed E-state index contributed by atoms with van der Waals surface area (Å²) in [6, 6.07) is 19.7. The molecule has 1 atom stereocenters. The standard InChI is InChI=1S/C19H24N2O/c1-2-9-18(20)19(22)21(14-16-10-5-3-6-11-16)15-17-12-7-4-8-13-17/h3-8,10-13,18H,2,9,14-15,20H2,1H3/t18-/m1/s1. The minimum atomic E-state index is -0.419. The summed E-state index contributed by atoms with van der Waals surface area (Å²) in [5, 5.41) is 0. The summed E-state index contributed by atoms with van der Waals surface area (Å²) in [6.07, 6.45) is 1.64. The van der Waals surface area contributed by atoms with Gasteiger partial charge < -0.3 is 10.6 Å². The van der Waals surface area contributed by atoms with E-state index in [0.29, 0.717) is 13.1 Å². The highest BCUT2D eigenvalue weighted by molar-refractivity contribution is 5.81. The predicted octanol–water partition coefficient (Wildman–Crippen LogP) is 3.34. The minimum absolute atomic E-state index is 0.0227. The van der Waals surface area contributed by atoms with Crippen molar-refractivity contribution in [3.05, 3.63) is 71.8 Å². The lowest BCUT2D eigenvalue weighted by atomic mass is 10.1. The summed E-state index contributed by atoms with van der Waals surface area (Å²) >= 11 is 0. The van der Waals surface area contributed by atoms with Crippen LogP contribution in [0.5, 0.6) is 0 Å². The Hall–Kier alpha value is -2.13. The Morgan fingerprint density at radius 1 is 0.955 bits per heavy atom. The van der Waals surface area contributed by atoms with E-state index in [1.807, 2.05) is 72.5 Å². The normalized spacial score (nSPS) is 11.9. The molecular weight excluding hydrogens is 272 g/mol. The van der Waals surface area contributed by atoms with Crippen molar-refractivity contribution in [3.63, 3.8) is 0 Å². The number of carbonyl (C=O) groups excluding carboxylic acids is 1. The molecule has 2 aromatic rings. The van der Waals surface area contributed by atoms with E-state index < -0.39 is 6.04 Å². The molecule has 0 aliphatic rings. The molecule has 0 aliphatic heterocycles. The summed E-state index contributed by atoms with van der Waals surface area (Å²) in [5.74, 6) is 0.0227. The summed E-state index contributed by atoms with van der Waals surface area (Å²) in [4.78, 5) is 14.5. The highest BCUT2D eigenvalue weighted by Crippen LogP contribution is 2.12. The lowest BCUT2D eigenvalue weighted by Gasteiger charge is -2.26. The molecule has 0 saturated carbocycles. The fourth-order valence-electron chi connectivity index (χ4n) is 2.49. The molecule has 0 bridgehead atoms. The summed E-state index contributed by atoms with van der Waals surface area (Å²) in [7, 11) is 0. The van der Waals surface area contributed by atoms with Gasteiger partial charge in [-0.15, -0.1) is 0 Å². The van der Waals surface area contributed by atoms with E-state index in [1.54, 1.807) is 0 Å². The number of nitrogens with zero attached hydrogens (tertiary/aromatic N) is 1. The molecule has 0 unspecified atom stereocenters. The Morgan fingerprint density at radius 2 is 1.41 bits per heavy atom. The number of carbonyl (C=O) groups is 1. The fourth-order valence-corrected chi connectivity index (χ4v) is 2.49. The Kier molecular flexibility index (Phi) is 6.16. The molecule has 0 spiro atoms. The van der Waals surface area contributed by atoms with Gasteiger partial charge in [-0.3, -0.25) is 4.79 Å². The monoisotopic (exact) mass is 296 g/mol. The third kappa shape index (κ3) is 4.71. The van der Waals surface area contributed by atoms with Crippen molar-refractivity contribution in [2.75, 3.05) is 0 Å². The maximum Gasteiger partial charge on any atom is 0.240 e. The first-order chi connectivity index (χ1) is 10.7. The van der Waals surface area contributed by atoms with E-state index in [1.165, 1.54) is 0 Å². The lowest BCUT2D eigenvalue weighted by Crippen LogP contribution is -2.43. The SMILES string of the molecule is CCC[C@@H](N)C(=O)N(Cc1ccccc1)Cc1ccccc1. The largest absolute Gasteiger partial charge is 0.333 e. The molecule has 22 heavy (non-hydrogen) atoms. The third-order valence-corrected chi connectivity index (χ3v) is 3.66. The van der Waals surface area contributed by atoms with Crippen LogP contribution < -0.4 is 5.73 Å². The Bertz CT molecular complexity index is 527. The molecule has 3 nitrogen and oxygen atoms in total. The number of hydrogen-bond donors (Lipinski definition) is 1. The van der Waals surface area contributed by atoms with Gasteiger partial charge in [-0.1, -0.05) is 74.0 Å². The van der Waals surface area contributed by atoms with Crippen molar-refractivity contribution in [1.82, 2.24) is 4.90 Å². The summed E-state index contributed by atoms with van der Waals surface area (Å²) in [5.41, 5.74) is 8.29. The second-order valence-electron chi connectivity index (χ2n) is 5.56. The highest BCUT2D eigenvalue weighted by Gasteiger charge is 2.20. The van der Waals surface area contributed by atoms with Crippen molar-refractivity contribution < 1.29 is 4.79 Å². The predicted molar refractivity (Wildman–Crippen MR) is 90.0 cm³/mol. The van der Waals surface area contributed by atoms with Crippen molar-refractivity contribution in [3.8, 4) is 0 Å². The van der Waals surface area contributed by atoms with Gasteiger partial charge in [0.2, 0.25) is 5.91 Å². The van der Waals surface area contributed by atoms with Gasteiger partial charge in [-0.05, 0) is 17.5 Å². The average molecular weight is 296 g/mol. The Morgan fingerprint density at radius 3 is 1.82 bits per heavy atom. The van der Waals surface area contributed by atoms with Crippen molar-refractivity contribution in [2.45, 2.75) is 38.9 Å². The Balaban J connectivity index is 2.14. The lowest BCUT2D eigenvalue weighted by molar-refractivity contribution is -0.134. The molecule has 2 aromatic carbocycles. The maximum atomic E-state index is 12.6. The molecule has 3 heteroatoms. The van der Waals surface area contributed by atoms with Gasteiger partial charge in [0.05, 0.1) is 6.04 Å². The molecule has 0 heterocycles. The highest BCUT2D eigenvalue weighted by atomic mass is 16.2. The average Bonchev–Trinajstić information content (AvgIpc) is 2.56. The van der Waals surface area contributed by atoms with E-state index in [4.69, 9.17) is 5.73 Å². The molecule has 0 fully saturated rings. The molecule has 0 aliphatic carbocycles. The number of hydrogen-bond acceptors (Lipinski definition) is 2. The zero-order chi connectivity index (χ0) is 15.8. The molecule has 0 aromatic heterocycles. The van der Waals surface area contributed by atoms with Crippen LogP contribution in [-0.4, -0.2) is 16.8 Å². The number of nitrogens with two attached hydrogens (primary N) is 1. The minimum Gasteiger partial charge on any atom is -0.333 e. The first-order valence-electron chi connectivity index (χ1n) is 7.83. The van der Waals surface area contributed by atoms with Gasteiger partial charge in [-0.25, -0.2) is 0 Å². The molecule has 2 rings (SSSR count). The van der Waals surface area contributed by atoms with Crippen LogP contribution in [0.1, 0.15) is 30.9 Å². The maximum absolute atomic E-state index is 12.6. The van der Waals surface area contributed by atoms with Gasteiger partial charge in [-0.2, -0.15) is 0 Å². The molecular formula is C19H24N2O. The van der Waals surface area contributed by atoms with Crippen LogP contribution in [0.2, 0.25) is 0 Å². The van der Waals surface area contributed by atoms with Crippen LogP contribution in [0.15, 0.2) is 60.7 Å². The van der Waals surface area contributed by atoms with E-state index in [2.05, 4.69) is 0 Å². The van der Waals surface area contributed by atoms with Crippen LogP contribution >= 0.6 is 0 Å². The second-order valence-corrected chi connectivity index (χ2v) is 5.56. The summed E-state index contributed by atoms with van der Waals surface area (Å²) < 4.78 is 0. The molecule has 2 N–H and O–H groups in total. The zero-order valence-electron chi connectivity index (χ0n) is 13.1. The molecule has 0 radical (unpaired) electrons. The van der Waals surface area contributed by atoms with Crippen LogP contribution in [0, 0.1) is 0 Å². The topological polar surface area (TPSA) is 46.3 Å². The molecule has 116 valence electrons. The van der Waals surface area contributed by atoms with E-state index in [-0.39, 0.29) is 5.91 Å². The number of rotatable bonds is 7. The number of benzene rings is 2. The van der Waals surface area contributed by atoms with Crippen LogP contribution in [-0.2, 0) is 17.9 Å². The molecule has 1 amide bonds. The van der Waals surface area contributed by atoms with Crippen LogP contribution in [0.25, 0.3) is 0 Å². The van der Waals surface area contributed by atoms with Crippen LogP contribution in [0.3, 0.4) is 0 Å². The summed E-state index contributed by atoms with van der Waals surface area (Å²) in [6.45, 7) is 3.23. The van der Waals surface area contributed by atoms with Gasteiger partial charge in [0.25, 0.3) is 0 Å². The first-order valence-corrected chi connectivity index (χ1v) is 7.83. The first kappa shape index (κ1) is 16.2. The third-order valence-electron chi connectivity index (χ3n) is 3.66. The second kappa shape index (κ2) is 8.35. The van der Waals surface area contributed by atoms with Crippen molar-refractivity contribution in [1.29, 1.82) is 0 Å². The van der Waals surface area contributed by atoms with Crippen molar-refractivity contribution in [2.24, 2.45) is 5.73 Å². The van der Waals surface area contributed by atoms with Gasteiger partial charge in [0, 0.05) is 13.1 Å². The zero-order valence-corrected chi connectivity index (χ0v) is 13.1. The van der Waals surface area contributed by atoms with E-state index in [0.717, 1.165) is 24.0 Å². The van der Waals surface area contributed by atoms with Gasteiger partial charge in [0.15, 0.2) is 0 Å². The quantitative estimate of drug-likeness (QED) is 0.851. The smallest absolute Gasteiger partial charge is 0.240 e. The fraction of sp³-hybridized carbons (Fsp3) is 0.316. The van der Waals surface area contributed by atoms with Gasteiger partial charge in [0.1, 0.15) is 0 Å². The van der Waals surface area contributed by atoms with Crippen LogP contribution in [0.4, 0.5) is 0 Å². The van der Waals surface area contributed by atoms with E-state index >= 15 is 0 Å². The van der Waals surface area contributed by atoms with Crippen molar-refractivity contribution >= 4 is 5.91 Å². The Labute approximate surface area is 132 Å². The number of amides is 1. The molecule has 0 saturated heterocycles. The van der Waals surface area contributed by atoms with E-state index in [9.17, 15) is 4.79 Å². The van der Waals surface area contributed by atoms with Gasteiger partial charge >= 0.3 is 0 Å².